The topological polar surface area (TPSA) is 43.1 Å². The van der Waals surface area contributed by atoms with Gasteiger partial charge in [0.1, 0.15) is 0 Å². The Morgan fingerprint density at radius 1 is 1.36 bits per heavy atom. The summed E-state index contributed by atoms with van der Waals surface area (Å²) in [5.74, 6) is -0.00379. The zero-order valence-electron chi connectivity index (χ0n) is 8.56. The minimum atomic E-state index is -0.265. The summed E-state index contributed by atoms with van der Waals surface area (Å²) in [6, 6.07) is 8.03. The van der Waals surface area contributed by atoms with E-state index < -0.39 is 0 Å². The number of hydrogen-bond acceptors (Lipinski definition) is 2. The summed E-state index contributed by atoms with van der Waals surface area (Å²) in [7, 11) is 0. The highest BCUT2D eigenvalue weighted by atomic mass is 16.6. The van der Waals surface area contributed by atoms with E-state index in [2.05, 4.69) is 6.92 Å². The van der Waals surface area contributed by atoms with E-state index in [1.807, 2.05) is 31.2 Å². The maximum Gasteiger partial charge on any atom is 0.210 e. The van der Waals surface area contributed by atoms with Gasteiger partial charge in [0, 0.05) is 10.8 Å². The number of nitro groups is 1. The van der Waals surface area contributed by atoms with Crippen molar-refractivity contribution in [3.8, 4) is 0 Å². The van der Waals surface area contributed by atoms with Crippen molar-refractivity contribution in [3.63, 3.8) is 0 Å². The molecule has 1 atom stereocenters. The molecule has 0 saturated carbocycles. The fraction of sp³-hybridized carbons (Fsp3) is 0.455. The van der Waals surface area contributed by atoms with Crippen LogP contribution < -0.4 is 0 Å². The van der Waals surface area contributed by atoms with Crippen LogP contribution in [0.5, 0.6) is 0 Å². The molecule has 0 aliphatic heterocycles. The van der Waals surface area contributed by atoms with Gasteiger partial charge in [0.05, 0.1) is 0 Å². The molecule has 3 heteroatoms. The van der Waals surface area contributed by atoms with Crippen molar-refractivity contribution in [2.45, 2.75) is 26.2 Å². The van der Waals surface area contributed by atoms with Crippen LogP contribution in [0.1, 0.15) is 30.9 Å². The molecule has 14 heavy (non-hydrogen) atoms. The van der Waals surface area contributed by atoms with Gasteiger partial charge in [-0.2, -0.15) is 0 Å². The van der Waals surface area contributed by atoms with Gasteiger partial charge in [-0.1, -0.05) is 38.1 Å². The van der Waals surface area contributed by atoms with Crippen molar-refractivity contribution in [2.75, 3.05) is 6.54 Å². The van der Waals surface area contributed by atoms with Gasteiger partial charge in [0.15, 0.2) is 0 Å². The van der Waals surface area contributed by atoms with Crippen LogP contribution in [-0.4, -0.2) is 11.5 Å². The van der Waals surface area contributed by atoms with Crippen LogP contribution in [0.25, 0.3) is 0 Å². The van der Waals surface area contributed by atoms with Gasteiger partial charge in [-0.25, -0.2) is 0 Å². The zero-order chi connectivity index (χ0) is 10.6. The highest BCUT2D eigenvalue weighted by Crippen LogP contribution is 2.16. The molecule has 76 valence electrons. The molecule has 1 unspecified atom stereocenters. The molecule has 0 aromatic heterocycles. The van der Waals surface area contributed by atoms with Crippen molar-refractivity contribution >= 4 is 0 Å². The van der Waals surface area contributed by atoms with Crippen LogP contribution >= 0.6 is 0 Å². The van der Waals surface area contributed by atoms with Crippen LogP contribution in [0.3, 0.4) is 0 Å². The Balaban J connectivity index is 2.71. The number of benzene rings is 1. The average molecular weight is 193 g/mol. The molecule has 0 saturated heterocycles. The standard InChI is InChI=1S/C11H15NO2/c1-3-10-4-6-11(7-5-10)9(2)8-12(13)14/h4-7,9H,3,8H2,1-2H3. The molecule has 0 amide bonds. The summed E-state index contributed by atoms with van der Waals surface area (Å²) in [5.41, 5.74) is 2.31. The number of rotatable bonds is 4. The lowest BCUT2D eigenvalue weighted by Gasteiger charge is -2.07. The Hall–Kier alpha value is -1.38. The third-order valence-corrected chi connectivity index (χ3v) is 2.38. The van der Waals surface area contributed by atoms with Crippen LogP contribution in [-0.2, 0) is 6.42 Å². The minimum Gasteiger partial charge on any atom is -0.265 e. The van der Waals surface area contributed by atoms with Crippen LogP contribution in [0.4, 0.5) is 0 Å². The molecule has 0 fully saturated rings. The zero-order valence-corrected chi connectivity index (χ0v) is 8.56. The largest absolute Gasteiger partial charge is 0.265 e. The molecule has 1 aromatic carbocycles. The molecule has 0 aliphatic rings. The van der Waals surface area contributed by atoms with Crippen LogP contribution in [0.15, 0.2) is 24.3 Å². The lowest BCUT2D eigenvalue weighted by molar-refractivity contribution is -0.482. The number of nitrogens with zero attached hydrogens (tertiary/aromatic N) is 1. The quantitative estimate of drug-likeness (QED) is 0.545. The Labute approximate surface area is 83.9 Å². The van der Waals surface area contributed by atoms with Gasteiger partial charge in [-0.15, -0.1) is 0 Å². The molecular weight excluding hydrogens is 178 g/mol. The van der Waals surface area contributed by atoms with E-state index in [1.54, 1.807) is 0 Å². The second-order valence-corrected chi connectivity index (χ2v) is 3.51. The molecule has 0 heterocycles. The highest BCUT2D eigenvalue weighted by molar-refractivity contribution is 5.24. The van der Waals surface area contributed by atoms with Gasteiger partial charge in [0.25, 0.3) is 0 Å². The lowest BCUT2D eigenvalue weighted by Crippen LogP contribution is -2.09. The minimum absolute atomic E-state index is 0.00379. The van der Waals surface area contributed by atoms with Crippen molar-refractivity contribution in [1.29, 1.82) is 0 Å². The van der Waals surface area contributed by atoms with E-state index in [0.29, 0.717) is 0 Å². The molecule has 0 radical (unpaired) electrons. The van der Waals surface area contributed by atoms with Crippen molar-refractivity contribution in [3.05, 3.63) is 45.5 Å². The SMILES string of the molecule is CCc1ccc(C(C)C[N+](=O)[O-])cc1. The van der Waals surface area contributed by atoms with Gasteiger partial charge >= 0.3 is 0 Å². The van der Waals surface area contributed by atoms with E-state index >= 15 is 0 Å². The predicted octanol–water partition coefficient (Wildman–Crippen LogP) is 2.63. The summed E-state index contributed by atoms with van der Waals surface area (Å²) >= 11 is 0. The number of hydrogen-bond donors (Lipinski definition) is 0. The first-order valence-electron chi connectivity index (χ1n) is 4.84. The second kappa shape index (κ2) is 4.74. The predicted molar refractivity (Wildman–Crippen MR) is 56.1 cm³/mol. The molecular formula is C11H15NO2. The fourth-order valence-corrected chi connectivity index (χ4v) is 1.41. The Morgan fingerprint density at radius 2 is 1.93 bits per heavy atom. The monoisotopic (exact) mass is 193 g/mol. The summed E-state index contributed by atoms with van der Waals surface area (Å²) < 4.78 is 0. The molecule has 0 bridgehead atoms. The van der Waals surface area contributed by atoms with Gasteiger partial charge in [-0.05, 0) is 17.5 Å². The molecule has 3 nitrogen and oxygen atoms in total. The summed E-state index contributed by atoms with van der Waals surface area (Å²) in [6.07, 6.45) is 1.00. The smallest absolute Gasteiger partial charge is 0.210 e. The summed E-state index contributed by atoms with van der Waals surface area (Å²) in [5, 5.41) is 10.3. The Bertz CT molecular complexity index is 306. The fourth-order valence-electron chi connectivity index (χ4n) is 1.41. The molecule has 1 rings (SSSR count). The first kappa shape index (κ1) is 10.7. The number of aryl methyl sites for hydroxylation is 1. The molecule has 0 spiro atoms. The van der Waals surface area contributed by atoms with Crippen LogP contribution in [0, 0.1) is 10.1 Å². The van der Waals surface area contributed by atoms with Crippen molar-refractivity contribution < 1.29 is 4.92 Å². The van der Waals surface area contributed by atoms with Crippen molar-refractivity contribution in [1.82, 2.24) is 0 Å². The lowest BCUT2D eigenvalue weighted by atomic mass is 9.99. The third kappa shape index (κ3) is 2.83. The summed E-state index contributed by atoms with van der Waals surface area (Å²) in [6.45, 7) is 3.98. The molecule has 1 aromatic rings. The van der Waals surface area contributed by atoms with Gasteiger partial charge < -0.3 is 0 Å². The van der Waals surface area contributed by atoms with E-state index in [0.717, 1.165) is 12.0 Å². The third-order valence-electron chi connectivity index (χ3n) is 2.38. The first-order chi connectivity index (χ1) is 6.63. The van der Waals surface area contributed by atoms with E-state index in [4.69, 9.17) is 0 Å². The Kier molecular flexibility index (Phi) is 3.63. The molecule has 0 aliphatic carbocycles. The van der Waals surface area contributed by atoms with E-state index in [1.165, 1.54) is 5.56 Å². The second-order valence-electron chi connectivity index (χ2n) is 3.51. The van der Waals surface area contributed by atoms with E-state index in [-0.39, 0.29) is 17.4 Å². The van der Waals surface area contributed by atoms with Crippen LogP contribution in [0.2, 0.25) is 0 Å². The maximum absolute atomic E-state index is 10.3. The normalized spacial score (nSPS) is 12.4. The van der Waals surface area contributed by atoms with Gasteiger partial charge in [0.2, 0.25) is 6.54 Å². The average Bonchev–Trinajstić information content (AvgIpc) is 2.17. The van der Waals surface area contributed by atoms with E-state index in [9.17, 15) is 10.1 Å². The first-order valence-corrected chi connectivity index (χ1v) is 4.84. The summed E-state index contributed by atoms with van der Waals surface area (Å²) in [4.78, 5) is 10.0. The highest BCUT2D eigenvalue weighted by Gasteiger charge is 2.11. The van der Waals surface area contributed by atoms with Crippen molar-refractivity contribution in [2.24, 2.45) is 0 Å². The Morgan fingerprint density at radius 3 is 2.36 bits per heavy atom. The maximum atomic E-state index is 10.3. The van der Waals surface area contributed by atoms with Gasteiger partial charge in [-0.3, -0.25) is 10.1 Å². The molecule has 0 N–H and O–H groups in total.